The van der Waals surface area contributed by atoms with Gasteiger partial charge in [0.05, 0.1) is 18.4 Å². The first-order chi connectivity index (χ1) is 8.70. The number of sulfonamides is 1. The van der Waals surface area contributed by atoms with E-state index in [0.717, 1.165) is 10.6 Å². The number of carboxylic acids is 1. The first-order valence-electron chi connectivity index (χ1n) is 5.24. The van der Waals surface area contributed by atoms with Crippen molar-refractivity contribution < 1.29 is 23.1 Å². The Hall–Kier alpha value is -1.93. The van der Waals surface area contributed by atoms with Crippen LogP contribution >= 0.6 is 0 Å². The standard InChI is InChI=1S/C11H14N2O5S/c1-13(19(2,17)18)7-10(14)12-9-5-3-4-8(6-9)11(15)16/h3-6H,7H2,1-2H3,(H,12,14)(H,15,16). The summed E-state index contributed by atoms with van der Waals surface area (Å²) in [6.45, 7) is -0.337. The summed E-state index contributed by atoms with van der Waals surface area (Å²) < 4.78 is 23.2. The molecule has 0 heterocycles. The van der Waals surface area contributed by atoms with Gasteiger partial charge >= 0.3 is 5.97 Å². The van der Waals surface area contributed by atoms with Crippen LogP contribution in [0.4, 0.5) is 5.69 Å². The highest BCUT2D eigenvalue weighted by molar-refractivity contribution is 7.88. The zero-order chi connectivity index (χ0) is 14.6. The summed E-state index contributed by atoms with van der Waals surface area (Å²) in [4.78, 5) is 22.3. The minimum atomic E-state index is -3.43. The molecule has 0 spiro atoms. The molecule has 1 aromatic rings. The van der Waals surface area contributed by atoms with E-state index in [0.29, 0.717) is 5.69 Å². The van der Waals surface area contributed by atoms with Gasteiger partial charge in [-0.15, -0.1) is 0 Å². The number of anilines is 1. The van der Waals surface area contributed by atoms with Gasteiger partial charge in [0.2, 0.25) is 15.9 Å². The van der Waals surface area contributed by atoms with Crippen LogP contribution in [-0.4, -0.2) is 49.6 Å². The van der Waals surface area contributed by atoms with Crippen molar-refractivity contribution in [2.24, 2.45) is 0 Å². The van der Waals surface area contributed by atoms with Gasteiger partial charge in [-0.2, -0.15) is 4.31 Å². The van der Waals surface area contributed by atoms with Crippen molar-refractivity contribution in [1.82, 2.24) is 4.31 Å². The second kappa shape index (κ2) is 5.81. The van der Waals surface area contributed by atoms with E-state index in [1.54, 1.807) is 0 Å². The lowest BCUT2D eigenvalue weighted by Gasteiger charge is -2.13. The Morgan fingerprint density at radius 3 is 2.53 bits per heavy atom. The molecule has 8 heteroatoms. The minimum absolute atomic E-state index is 0.0364. The number of amides is 1. The predicted molar refractivity (Wildman–Crippen MR) is 69.5 cm³/mol. The van der Waals surface area contributed by atoms with Gasteiger partial charge < -0.3 is 10.4 Å². The van der Waals surface area contributed by atoms with Gasteiger partial charge in [0.15, 0.2) is 0 Å². The molecule has 0 saturated carbocycles. The predicted octanol–water partition coefficient (Wildman–Crippen LogP) is 0.215. The molecule has 1 aromatic carbocycles. The lowest BCUT2D eigenvalue weighted by atomic mass is 10.2. The average molecular weight is 286 g/mol. The molecule has 0 aliphatic carbocycles. The van der Waals surface area contributed by atoms with E-state index in [1.807, 2.05) is 0 Å². The second-order valence-electron chi connectivity index (χ2n) is 3.95. The number of rotatable bonds is 5. The summed E-state index contributed by atoms with van der Waals surface area (Å²) >= 11 is 0. The van der Waals surface area contributed by atoms with Crippen LogP contribution in [0.25, 0.3) is 0 Å². The Balaban J connectivity index is 2.73. The van der Waals surface area contributed by atoms with Gasteiger partial charge in [-0.1, -0.05) is 6.07 Å². The molecule has 0 aromatic heterocycles. The zero-order valence-corrected chi connectivity index (χ0v) is 11.3. The number of benzene rings is 1. The normalized spacial score (nSPS) is 11.3. The third-order valence-electron chi connectivity index (χ3n) is 2.33. The molecule has 0 radical (unpaired) electrons. The van der Waals surface area contributed by atoms with E-state index in [9.17, 15) is 18.0 Å². The molecule has 0 fully saturated rings. The van der Waals surface area contributed by atoms with Gasteiger partial charge in [0.25, 0.3) is 0 Å². The van der Waals surface area contributed by atoms with Crippen LogP contribution in [0.3, 0.4) is 0 Å². The fraction of sp³-hybridized carbons (Fsp3) is 0.273. The van der Waals surface area contributed by atoms with Crippen LogP contribution in [-0.2, 0) is 14.8 Å². The van der Waals surface area contributed by atoms with E-state index in [2.05, 4.69) is 5.32 Å². The first-order valence-corrected chi connectivity index (χ1v) is 7.09. The van der Waals surface area contributed by atoms with E-state index in [1.165, 1.54) is 31.3 Å². The number of hydrogen-bond donors (Lipinski definition) is 2. The van der Waals surface area contributed by atoms with Crippen molar-refractivity contribution in [1.29, 1.82) is 0 Å². The number of aromatic carboxylic acids is 1. The molecule has 0 aliphatic heterocycles. The maximum absolute atomic E-state index is 11.6. The summed E-state index contributed by atoms with van der Waals surface area (Å²) in [7, 11) is -2.15. The summed E-state index contributed by atoms with van der Waals surface area (Å²) in [5, 5.41) is 11.2. The number of carbonyl (C=O) groups excluding carboxylic acids is 1. The Labute approximate surface area is 110 Å². The Morgan fingerprint density at radius 2 is 2.00 bits per heavy atom. The van der Waals surface area contributed by atoms with Crippen LogP contribution in [0, 0.1) is 0 Å². The van der Waals surface area contributed by atoms with Crippen molar-refractivity contribution in [2.75, 3.05) is 25.2 Å². The van der Waals surface area contributed by atoms with E-state index >= 15 is 0 Å². The smallest absolute Gasteiger partial charge is 0.335 e. The monoisotopic (exact) mass is 286 g/mol. The van der Waals surface area contributed by atoms with Crippen molar-refractivity contribution >= 4 is 27.6 Å². The Kier molecular flexibility index (Phi) is 4.62. The highest BCUT2D eigenvalue weighted by atomic mass is 32.2. The molecule has 19 heavy (non-hydrogen) atoms. The summed E-state index contributed by atoms with van der Waals surface area (Å²) in [6, 6.07) is 5.69. The third kappa shape index (κ3) is 4.68. The summed E-state index contributed by atoms with van der Waals surface area (Å²) in [5.74, 6) is -1.65. The van der Waals surface area contributed by atoms with Gasteiger partial charge in [-0.25, -0.2) is 13.2 Å². The summed E-state index contributed by atoms with van der Waals surface area (Å²) in [5.41, 5.74) is 0.334. The SMILES string of the molecule is CN(CC(=O)Nc1cccc(C(=O)O)c1)S(C)(=O)=O. The Morgan fingerprint density at radius 1 is 1.37 bits per heavy atom. The van der Waals surface area contributed by atoms with Gasteiger partial charge in [-0.3, -0.25) is 4.79 Å². The third-order valence-corrected chi connectivity index (χ3v) is 3.59. The molecule has 0 unspecified atom stereocenters. The molecule has 0 bridgehead atoms. The summed E-state index contributed by atoms with van der Waals surface area (Å²) in [6.07, 6.45) is 0.991. The van der Waals surface area contributed by atoms with Crippen molar-refractivity contribution in [3.8, 4) is 0 Å². The number of nitrogens with one attached hydrogen (secondary N) is 1. The molecule has 2 N–H and O–H groups in total. The quantitative estimate of drug-likeness (QED) is 0.805. The molecule has 1 rings (SSSR count). The molecule has 1 amide bonds. The molecule has 0 saturated heterocycles. The van der Waals surface area contributed by atoms with E-state index < -0.39 is 21.9 Å². The van der Waals surface area contributed by atoms with Crippen molar-refractivity contribution in [3.63, 3.8) is 0 Å². The molecular weight excluding hydrogens is 272 g/mol. The van der Waals surface area contributed by atoms with Crippen LogP contribution < -0.4 is 5.32 Å². The van der Waals surface area contributed by atoms with E-state index in [-0.39, 0.29) is 12.1 Å². The fourth-order valence-electron chi connectivity index (χ4n) is 1.25. The second-order valence-corrected chi connectivity index (χ2v) is 6.04. The lowest BCUT2D eigenvalue weighted by Crippen LogP contribution is -2.34. The number of hydrogen-bond acceptors (Lipinski definition) is 4. The average Bonchev–Trinajstić information content (AvgIpc) is 2.27. The highest BCUT2D eigenvalue weighted by Gasteiger charge is 2.15. The van der Waals surface area contributed by atoms with E-state index in [4.69, 9.17) is 5.11 Å². The highest BCUT2D eigenvalue weighted by Crippen LogP contribution is 2.10. The number of nitrogens with zero attached hydrogens (tertiary/aromatic N) is 1. The molecule has 104 valence electrons. The van der Waals surface area contributed by atoms with Crippen molar-refractivity contribution in [3.05, 3.63) is 29.8 Å². The molecular formula is C11H14N2O5S. The number of carboxylic acid groups (broad SMARTS) is 1. The van der Waals surface area contributed by atoms with Crippen LogP contribution in [0.2, 0.25) is 0 Å². The van der Waals surface area contributed by atoms with Crippen LogP contribution in [0.1, 0.15) is 10.4 Å². The maximum atomic E-state index is 11.6. The van der Waals surface area contributed by atoms with Crippen LogP contribution in [0.15, 0.2) is 24.3 Å². The van der Waals surface area contributed by atoms with Gasteiger partial charge in [0, 0.05) is 12.7 Å². The Bertz CT molecular complexity index is 597. The number of likely N-dealkylation sites (N-methyl/N-ethyl adjacent to an activating group) is 1. The lowest BCUT2D eigenvalue weighted by molar-refractivity contribution is -0.116. The van der Waals surface area contributed by atoms with Crippen LogP contribution in [0.5, 0.6) is 0 Å². The largest absolute Gasteiger partial charge is 0.478 e. The molecule has 0 aliphatic rings. The first kappa shape index (κ1) is 15.1. The van der Waals surface area contributed by atoms with Gasteiger partial charge in [-0.05, 0) is 18.2 Å². The fourth-order valence-corrected chi connectivity index (χ4v) is 1.60. The van der Waals surface area contributed by atoms with Gasteiger partial charge in [0.1, 0.15) is 0 Å². The minimum Gasteiger partial charge on any atom is -0.478 e. The molecule has 0 atom stereocenters. The topological polar surface area (TPSA) is 104 Å². The maximum Gasteiger partial charge on any atom is 0.335 e. The number of carbonyl (C=O) groups is 2. The zero-order valence-electron chi connectivity index (χ0n) is 10.5. The van der Waals surface area contributed by atoms with Crippen molar-refractivity contribution in [2.45, 2.75) is 0 Å². The molecule has 7 nitrogen and oxygen atoms in total.